The van der Waals surface area contributed by atoms with Gasteiger partial charge in [0, 0.05) is 25.1 Å². The minimum absolute atomic E-state index is 0.154. The molecule has 1 heterocycles. The number of nitrogens with zero attached hydrogens (tertiary/aromatic N) is 3. The fourth-order valence-electron chi connectivity index (χ4n) is 0.678. The lowest BCUT2D eigenvalue weighted by Gasteiger charge is -2.13. The molecule has 0 aliphatic rings. The van der Waals surface area contributed by atoms with Crippen LogP contribution >= 0.6 is 11.5 Å². The van der Waals surface area contributed by atoms with Gasteiger partial charge in [0.15, 0.2) is 0 Å². The Morgan fingerprint density at radius 2 is 2.38 bits per heavy atom. The van der Waals surface area contributed by atoms with Gasteiger partial charge in [-0.1, -0.05) is 0 Å². The van der Waals surface area contributed by atoms with Crippen molar-refractivity contribution in [3.05, 3.63) is 5.82 Å². The van der Waals surface area contributed by atoms with Gasteiger partial charge in [-0.05, 0) is 13.8 Å². The highest BCUT2D eigenvalue weighted by molar-refractivity contribution is 7.09. The van der Waals surface area contributed by atoms with E-state index in [0.29, 0.717) is 17.5 Å². The van der Waals surface area contributed by atoms with Crippen LogP contribution in [0.15, 0.2) is 0 Å². The van der Waals surface area contributed by atoms with Crippen LogP contribution in [0.3, 0.4) is 0 Å². The van der Waals surface area contributed by atoms with Gasteiger partial charge in [-0.2, -0.15) is 4.37 Å². The van der Waals surface area contributed by atoms with Gasteiger partial charge in [0.1, 0.15) is 5.82 Å². The lowest BCUT2D eigenvalue weighted by atomic mass is 10.6. The number of nitrogens with one attached hydrogen (secondary N) is 1. The standard InChI is InChI=1S/C7H12N4OS/c1-4-11(3)7(12)9-6-8-5(2)10-13-6/h4H2,1-3H3,(H,8,9,10,12). The highest BCUT2D eigenvalue weighted by Gasteiger charge is 2.08. The number of urea groups is 1. The molecule has 6 heteroatoms. The lowest BCUT2D eigenvalue weighted by molar-refractivity contribution is 0.224. The van der Waals surface area contributed by atoms with Crippen LogP contribution in [0.2, 0.25) is 0 Å². The maximum atomic E-state index is 11.3. The van der Waals surface area contributed by atoms with E-state index in [1.165, 1.54) is 11.5 Å². The van der Waals surface area contributed by atoms with Gasteiger partial charge < -0.3 is 4.90 Å². The van der Waals surface area contributed by atoms with E-state index in [1.807, 2.05) is 6.92 Å². The summed E-state index contributed by atoms with van der Waals surface area (Å²) in [6, 6.07) is -0.154. The molecular weight excluding hydrogens is 188 g/mol. The van der Waals surface area contributed by atoms with Gasteiger partial charge in [-0.3, -0.25) is 5.32 Å². The summed E-state index contributed by atoms with van der Waals surface area (Å²) < 4.78 is 3.95. The molecule has 72 valence electrons. The number of anilines is 1. The molecular formula is C7H12N4OS. The Labute approximate surface area is 80.9 Å². The van der Waals surface area contributed by atoms with Gasteiger partial charge in [0.2, 0.25) is 5.13 Å². The Morgan fingerprint density at radius 3 is 2.85 bits per heavy atom. The molecule has 0 unspecified atom stereocenters. The first-order valence-corrected chi connectivity index (χ1v) is 4.73. The average molecular weight is 200 g/mol. The second-order valence-electron chi connectivity index (χ2n) is 2.59. The van der Waals surface area contributed by atoms with E-state index < -0.39 is 0 Å². The van der Waals surface area contributed by atoms with Crippen LogP contribution < -0.4 is 5.32 Å². The van der Waals surface area contributed by atoms with E-state index in [2.05, 4.69) is 14.7 Å². The van der Waals surface area contributed by atoms with Crippen LogP contribution in [0.4, 0.5) is 9.93 Å². The Balaban J connectivity index is 2.54. The highest BCUT2D eigenvalue weighted by atomic mass is 32.1. The third kappa shape index (κ3) is 2.66. The van der Waals surface area contributed by atoms with E-state index in [4.69, 9.17) is 0 Å². The fraction of sp³-hybridized carbons (Fsp3) is 0.571. The first-order chi connectivity index (χ1) is 6.13. The summed E-state index contributed by atoms with van der Waals surface area (Å²) in [5.41, 5.74) is 0. The SMILES string of the molecule is CCN(C)C(=O)Nc1nc(C)ns1. The molecule has 0 aliphatic carbocycles. The van der Waals surface area contributed by atoms with Crippen LogP contribution in [-0.4, -0.2) is 33.9 Å². The second-order valence-corrected chi connectivity index (χ2v) is 3.34. The molecule has 5 nitrogen and oxygen atoms in total. The van der Waals surface area contributed by atoms with Crippen LogP contribution in [0.1, 0.15) is 12.7 Å². The third-order valence-electron chi connectivity index (χ3n) is 1.56. The van der Waals surface area contributed by atoms with Gasteiger partial charge >= 0.3 is 6.03 Å². The smallest absolute Gasteiger partial charge is 0.323 e. The van der Waals surface area contributed by atoms with Crippen molar-refractivity contribution >= 4 is 22.7 Å². The summed E-state index contributed by atoms with van der Waals surface area (Å²) in [4.78, 5) is 16.9. The van der Waals surface area contributed by atoms with Crippen molar-refractivity contribution in [3.63, 3.8) is 0 Å². The minimum atomic E-state index is -0.154. The number of carbonyl (C=O) groups is 1. The Kier molecular flexibility index (Phi) is 3.18. The van der Waals surface area contributed by atoms with Crippen molar-refractivity contribution in [2.24, 2.45) is 0 Å². The monoisotopic (exact) mass is 200 g/mol. The Hall–Kier alpha value is -1.17. The molecule has 1 N–H and O–H groups in total. The van der Waals surface area contributed by atoms with Crippen molar-refractivity contribution in [1.29, 1.82) is 0 Å². The summed E-state index contributed by atoms with van der Waals surface area (Å²) in [6.45, 7) is 4.37. The number of hydrogen-bond donors (Lipinski definition) is 1. The predicted octanol–water partition coefficient (Wildman–Crippen LogP) is 1.33. The molecule has 0 fully saturated rings. The van der Waals surface area contributed by atoms with Crippen molar-refractivity contribution in [2.75, 3.05) is 18.9 Å². The zero-order valence-corrected chi connectivity index (χ0v) is 8.68. The van der Waals surface area contributed by atoms with E-state index in [0.717, 1.165) is 0 Å². The maximum absolute atomic E-state index is 11.3. The molecule has 0 aromatic carbocycles. The fourth-order valence-corrected chi connectivity index (χ4v) is 1.24. The van der Waals surface area contributed by atoms with E-state index in [1.54, 1.807) is 18.9 Å². The quantitative estimate of drug-likeness (QED) is 0.783. The third-order valence-corrected chi connectivity index (χ3v) is 2.28. The largest absolute Gasteiger partial charge is 0.328 e. The topological polar surface area (TPSA) is 58.1 Å². The van der Waals surface area contributed by atoms with Gasteiger partial charge in [-0.25, -0.2) is 9.78 Å². The Bertz CT molecular complexity index is 298. The van der Waals surface area contributed by atoms with Crippen LogP contribution in [0.5, 0.6) is 0 Å². The van der Waals surface area contributed by atoms with Gasteiger partial charge in [0.25, 0.3) is 0 Å². The lowest BCUT2D eigenvalue weighted by Crippen LogP contribution is -2.30. The zero-order chi connectivity index (χ0) is 9.84. The Morgan fingerprint density at radius 1 is 1.69 bits per heavy atom. The molecule has 0 atom stereocenters. The van der Waals surface area contributed by atoms with Crippen molar-refractivity contribution < 1.29 is 4.79 Å². The molecule has 13 heavy (non-hydrogen) atoms. The van der Waals surface area contributed by atoms with Crippen molar-refractivity contribution in [1.82, 2.24) is 14.3 Å². The summed E-state index contributed by atoms with van der Waals surface area (Å²) >= 11 is 1.19. The highest BCUT2D eigenvalue weighted by Crippen LogP contribution is 2.10. The second kappa shape index (κ2) is 4.18. The summed E-state index contributed by atoms with van der Waals surface area (Å²) in [5, 5.41) is 3.19. The number of hydrogen-bond acceptors (Lipinski definition) is 4. The van der Waals surface area contributed by atoms with Crippen LogP contribution in [0, 0.1) is 6.92 Å². The molecule has 0 radical (unpaired) electrons. The van der Waals surface area contributed by atoms with Gasteiger partial charge in [-0.15, -0.1) is 0 Å². The van der Waals surface area contributed by atoms with Crippen LogP contribution in [-0.2, 0) is 0 Å². The van der Waals surface area contributed by atoms with E-state index in [9.17, 15) is 4.79 Å². The van der Waals surface area contributed by atoms with Crippen LogP contribution in [0.25, 0.3) is 0 Å². The van der Waals surface area contributed by atoms with Crippen molar-refractivity contribution in [3.8, 4) is 0 Å². The normalized spacial score (nSPS) is 9.77. The summed E-state index contributed by atoms with van der Waals surface area (Å²) in [5.74, 6) is 0.680. The average Bonchev–Trinajstić information content (AvgIpc) is 2.49. The molecule has 0 aliphatic heterocycles. The first-order valence-electron chi connectivity index (χ1n) is 3.96. The van der Waals surface area contributed by atoms with Crippen molar-refractivity contribution in [2.45, 2.75) is 13.8 Å². The molecule has 1 aromatic rings. The number of amides is 2. The van der Waals surface area contributed by atoms with Gasteiger partial charge in [0.05, 0.1) is 0 Å². The number of aryl methyl sites for hydroxylation is 1. The number of rotatable bonds is 2. The van der Waals surface area contributed by atoms with E-state index in [-0.39, 0.29) is 6.03 Å². The zero-order valence-electron chi connectivity index (χ0n) is 7.87. The minimum Gasteiger partial charge on any atom is -0.328 e. The molecule has 0 spiro atoms. The first kappa shape index (κ1) is 9.91. The number of aromatic nitrogens is 2. The summed E-state index contributed by atoms with van der Waals surface area (Å²) in [6.07, 6.45) is 0. The molecule has 0 saturated heterocycles. The molecule has 0 bridgehead atoms. The molecule has 1 aromatic heterocycles. The molecule has 0 saturated carbocycles. The van der Waals surface area contributed by atoms with E-state index >= 15 is 0 Å². The maximum Gasteiger partial charge on any atom is 0.323 e. The molecule has 1 rings (SSSR count). The summed E-state index contributed by atoms with van der Waals surface area (Å²) in [7, 11) is 1.73. The predicted molar refractivity (Wildman–Crippen MR) is 52.0 cm³/mol. The number of carbonyl (C=O) groups excluding carboxylic acids is 1. The molecule has 2 amide bonds.